The van der Waals surface area contributed by atoms with Crippen LogP contribution in [0.4, 0.5) is 5.69 Å². The molecule has 1 aliphatic heterocycles. The van der Waals surface area contributed by atoms with E-state index in [2.05, 4.69) is 16.0 Å². The molecule has 0 aliphatic carbocycles. The van der Waals surface area contributed by atoms with Crippen LogP contribution in [-0.4, -0.2) is 37.1 Å². The lowest BCUT2D eigenvalue weighted by molar-refractivity contribution is 0.104. The summed E-state index contributed by atoms with van der Waals surface area (Å²) in [6, 6.07) is 11.8. The number of ketones is 1. The van der Waals surface area contributed by atoms with Crippen molar-refractivity contribution in [2.45, 2.75) is 0 Å². The van der Waals surface area contributed by atoms with Crippen LogP contribution in [0, 0.1) is 0 Å². The topological polar surface area (TPSA) is 42.4 Å². The monoisotopic (exact) mass is 382 g/mol. The average Bonchev–Trinajstić information content (AvgIpc) is 3.38. The van der Waals surface area contributed by atoms with Gasteiger partial charge in [-0.1, -0.05) is 6.07 Å². The Morgan fingerprint density at radius 1 is 1.12 bits per heavy atom. The van der Waals surface area contributed by atoms with Crippen molar-refractivity contribution in [1.82, 2.24) is 4.98 Å². The van der Waals surface area contributed by atoms with Gasteiger partial charge in [-0.05, 0) is 47.9 Å². The number of ether oxygens (including phenoxy) is 1. The van der Waals surface area contributed by atoms with Crippen LogP contribution in [0.5, 0.6) is 0 Å². The molecule has 0 bridgehead atoms. The second-order valence-corrected chi connectivity index (χ2v) is 7.70. The molecule has 2 aromatic heterocycles. The summed E-state index contributed by atoms with van der Waals surface area (Å²) in [7, 11) is 0. The minimum Gasteiger partial charge on any atom is -0.378 e. The Morgan fingerprint density at radius 2 is 1.92 bits per heavy atom. The first-order valence-corrected chi connectivity index (χ1v) is 10.2. The number of thiazole rings is 1. The van der Waals surface area contributed by atoms with Crippen LogP contribution < -0.4 is 4.90 Å². The van der Waals surface area contributed by atoms with Gasteiger partial charge in [-0.3, -0.25) is 4.79 Å². The molecule has 4 rings (SSSR count). The van der Waals surface area contributed by atoms with E-state index >= 15 is 0 Å². The van der Waals surface area contributed by atoms with Crippen molar-refractivity contribution in [2.24, 2.45) is 0 Å². The highest BCUT2D eigenvalue weighted by molar-refractivity contribution is 7.20. The van der Waals surface area contributed by atoms with Gasteiger partial charge in [0.15, 0.2) is 5.78 Å². The molecule has 0 atom stereocenters. The van der Waals surface area contributed by atoms with E-state index in [0.717, 1.165) is 47.6 Å². The minimum absolute atomic E-state index is 0.01000. The van der Waals surface area contributed by atoms with E-state index in [9.17, 15) is 4.79 Å². The van der Waals surface area contributed by atoms with Crippen molar-refractivity contribution in [3.63, 3.8) is 0 Å². The quantitative estimate of drug-likeness (QED) is 0.478. The van der Waals surface area contributed by atoms with Crippen molar-refractivity contribution in [1.29, 1.82) is 0 Å². The van der Waals surface area contributed by atoms with Crippen LogP contribution in [-0.2, 0) is 4.74 Å². The van der Waals surface area contributed by atoms with E-state index in [-0.39, 0.29) is 5.78 Å². The standard InChI is InChI=1S/C20H18N2O2S2/c23-18(8-5-16-14-26-20(21-16)19-2-1-13-25-19)15-3-6-17(7-4-15)22-9-11-24-12-10-22/h1-8,13-14H,9-12H2/b8-5+. The fourth-order valence-corrected chi connectivity index (χ4v) is 4.39. The summed E-state index contributed by atoms with van der Waals surface area (Å²) < 4.78 is 5.37. The predicted molar refractivity (Wildman–Crippen MR) is 108 cm³/mol. The zero-order chi connectivity index (χ0) is 17.8. The zero-order valence-corrected chi connectivity index (χ0v) is 15.8. The number of carbonyl (C=O) groups is 1. The molecule has 0 amide bonds. The number of hydrogen-bond donors (Lipinski definition) is 0. The van der Waals surface area contributed by atoms with Gasteiger partial charge in [-0.15, -0.1) is 22.7 Å². The molecule has 0 radical (unpaired) electrons. The van der Waals surface area contributed by atoms with Crippen molar-refractivity contribution in [3.8, 4) is 9.88 Å². The van der Waals surface area contributed by atoms with Gasteiger partial charge in [-0.2, -0.15) is 0 Å². The van der Waals surface area contributed by atoms with Crippen LogP contribution in [0.1, 0.15) is 16.1 Å². The van der Waals surface area contributed by atoms with Gasteiger partial charge in [0.05, 0.1) is 23.8 Å². The summed E-state index contributed by atoms with van der Waals surface area (Å²) >= 11 is 3.26. The van der Waals surface area contributed by atoms with Crippen LogP contribution >= 0.6 is 22.7 Å². The molecule has 1 saturated heterocycles. The molecule has 0 N–H and O–H groups in total. The number of anilines is 1. The second-order valence-electron chi connectivity index (χ2n) is 5.90. The summed E-state index contributed by atoms with van der Waals surface area (Å²) in [4.78, 5) is 20.4. The zero-order valence-electron chi connectivity index (χ0n) is 14.1. The molecule has 132 valence electrons. The summed E-state index contributed by atoms with van der Waals surface area (Å²) in [6.45, 7) is 3.29. The number of hydrogen-bond acceptors (Lipinski definition) is 6. The summed E-state index contributed by atoms with van der Waals surface area (Å²) in [5.41, 5.74) is 2.64. The first-order chi connectivity index (χ1) is 12.8. The van der Waals surface area contributed by atoms with Gasteiger partial charge in [0, 0.05) is 29.7 Å². The van der Waals surface area contributed by atoms with Gasteiger partial charge in [0.2, 0.25) is 0 Å². The van der Waals surface area contributed by atoms with Crippen LogP contribution in [0.15, 0.2) is 53.2 Å². The van der Waals surface area contributed by atoms with E-state index in [1.54, 1.807) is 34.8 Å². The Bertz CT molecular complexity index is 892. The fourth-order valence-electron chi connectivity index (χ4n) is 2.79. The van der Waals surface area contributed by atoms with Gasteiger partial charge >= 0.3 is 0 Å². The Morgan fingerprint density at radius 3 is 2.65 bits per heavy atom. The predicted octanol–water partition coefficient (Wildman–Crippen LogP) is 4.60. The Kier molecular flexibility index (Phi) is 5.24. The van der Waals surface area contributed by atoms with E-state index < -0.39 is 0 Å². The van der Waals surface area contributed by atoms with Gasteiger partial charge < -0.3 is 9.64 Å². The lowest BCUT2D eigenvalue weighted by atomic mass is 10.1. The third-order valence-corrected chi connectivity index (χ3v) is 6.09. The van der Waals surface area contributed by atoms with Gasteiger partial charge in [0.1, 0.15) is 5.01 Å². The number of carbonyl (C=O) groups excluding carboxylic acids is 1. The number of rotatable bonds is 5. The maximum Gasteiger partial charge on any atom is 0.185 e. The highest BCUT2D eigenvalue weighted by atomic mass is 32.1. The molecule has 0 saturated carbocycles. The van der Waals surface area contributed by atoms with Crippen LogP contribution in [0.3, 0.4) is 0 Å². The maximum atomic E-state index is 12.4. The normalized spacial score (nSPS) is 14.8. The molecule has 3 aromatic rings. The van der Waals surface area contributed by atoms with Gasteiger partial charge in [0.25, 0.3) is 0 Å². The third kappa shape index (κ3) is 3.93. The molecule has 0 unspecified atom stereocenters. The lowest BCUT2D eigenvalue weighted by Gasteiger charge is -2.28. The molecular formula is C20H18N2O2S2. The highest BCUT2D eigenvalue weighted by Gasteiger charge is 2.11. The summed E-state index contributed by atoms with van der Waals surface area (Å²) in [5, 5.41) is 5.00. The molecule has 0 spiro atoms. The number of nitrogens with zero attached hydrogens (tertiary/aromatic N) is 2. The molecule has 26 heavy (non-hydrogen) atoms. The van der Waals surface area contributed by atoms with E-state index in [1.807, 2.05) is 41.1 Å². The number of aromatic nitrogens is 1. The fraction of sp³-hybridized carbons (Fsp3) is 0.200. The molecule has 1 aliphatic rings. The highest BCUT2D eigenvalue weighted by Crippen LogP contribution is 2.28. The number of benzene rings is 1. The average molecular weight is 383 g/mol. The lowest BCUT2D eigenvalue weighted by Crippen LogP contribution is -2.36. The van der Waals surface area contributed by atoms with Crippen molar-refractivity contribution < 1.29 is 9.53 Å². The maximum absolute atomic E-state index is 12.4. The third-order valence-electron chi connectivity index (χ3n) is 4.19. The number of allylic oxidation sites excluding steroid dienone is 1. The summed E-state index contributed by atoms with van der Waals surface area (Å²) in [6.07, 6.45) is 3.38. The molecule has 1 fully saturated rings. The van der Waals surface area contributed by atoms with Crippen molar-refractivity contribution >= 4 is 40.2 Å². The Hall–Kier alpha value is -2.28. The SMILES string of the molecule is O=C(/C=C/c1csc(-c2cccs2)n1)c1ccc(N2CCOCC2)cc1. The van der Waals surface area contributed by atoms with E-state index in [0.29, 0.717) is 5.56 Å². The Labute approximate surface area is 160 Å². The molecular weight excluding hydrogens is 364 g/mol. The largest absolute Gasteiger partial charge is 0.378 e. The molecule has 3 heterocycles. The van der Waals surface area contributed by atoms with Crippen LogP contribution in [0.25, 0.3) is 16.0 Å². The summed E-state index contributed by atoms with van der Waals surface area (Å²) in [5.74, 6) is -0.01000. The van der Waals surface area contributed by atoms with Gasteiger partial charge in [-0.25, -0.2) is 4.98 Å². The first-order valence-electron chi connectivity index (χ1n) is 8.44. The first kappa shape index (κ1) is 17.1. The molecule has 4 nitrogen and oxygen atoms in total. The van der Waals surface area contributed by atoms with Crippen molar-refractivity contribution in [2.75, 3.05) is 31.2 Å². The Balaban J connectivity index is 1.42. The minimum atomic E-state index is -0.01000. The molecule has 1 aromatic carbocycles. The smallest absolute Gasteiger partial charge is 0.185 e. The second kappa shape index (κ2) is 7.95. The molecule has 6 heteroatoms. The number of thiophene rings is 1. The van der Waals surface area contributed by atoms with E-state index in [4.69, 9.17) is 4.74 Å². The number of morpholine rings is 1. The van der Waals surface area contributed by atoms with Crippen LogP contribution in [0.2, 0.25) is 0 Å². The van der Waals surface area contributed by atoms with Crippen molar-refractivity contribution in [3.05, 3.63) is 64.5 Å². The van der Waals surface area contributed by atoms with E-state index in [1.165, 1.54) is 0 Å².